The molecule has 0 spiro atoms. The van der Waals surface area contributed by atoms with E-state index < -0.39 is 23.2 Å². The number of carbonyl (C=O) groups excluding carboxylic acids is 1. The van der Waals surface area contributed by atoms with E-state index in [1.807, 2.05) is 0 Å². The van der Waals surface area contributed by atoms with Gasteiger partial charge in [0.2, 0.25) is 10.1 Å². The third kappa shape index (κ3) is 4.15. The molecule has 1 N–H and O–H groups in total. The summed E-state index contributed by atoms with van der Waals surface area (Å²) in [6, 6.07) is 8.59. The largest absolute Gasteiger partial charge is 0.481 e. The van der Waals surface area contributed by atoms with E-state index in [-0.39, 0.29) is 16.5 Å². The average Bonchev–Trinajstić information content (AvgIpc) is 2.88. The number of amides is 1. The van der Waals surface area contributed by atoms with Crippen LogP contribution in [0.25, 0.3) is 0 Å². The molecule has 5 nitrogen and oxygen atoms in total. The number of nitrogens with zero attached hydrogens (tertiary/aromatic N) is 2. The minimum atomic E-state index is -4.58. The average molecular weight is 317 g/mol. The van der Waals surface area contributed by atoms with E-state index in [1.165, 1.54) is 6.92 Å². The Kier molecular flexibility index (Phi) is 4.41. The maximum Gasteiger partial charge on any atom is 0.445 e. The summed E-state index contributed by atoms with van der Waals surface area (Å²) in [6.07, 6.45) is -5.46. The number of anilines is 1. The van der Waals surface area contributed by atoms with Crippen molar-refractivity contribution in [1.82, 2.24) is 10.2 Å². The van der Waals surface area contributed by atoms with Gasteiger partial charge in [0, 0.05) is 0 Å². The van der Waals surface area contributed by atoms with Crippen LogP contribution in [0.5, 0.6) is 5.75 Å². The molecule has 0 unspecified atom stereocenters. The molecule has 0 fully saturated rings. The summed E-state index contributed by atoms with van der Waals surface area (Å²) in [7, 11) is 0. The lowest BCUT2D eigenvalue weighted by molar-refractivity contribution is -0.138. The van der Waals surface area contributed by atoms with Crippen LogP contribution in [0, 0.1) is 0 Å². The predicted octanol–water partition coefficient (Wildman–Crippen LogP) is 2.96. The minimum Gasteiger partial charge on any atom is -0.481 e. The monoisotopic (exact) mass is 317 g/mol. The number of nitrogens with one attached hydrogen (secondary N) is 1. The molecule has 1 aromatic carbocycles. The van der Waals surface area contributed by atoms with Gasteiger partial charge >= 0.3 is 6.18 Å². The van der Waals surface area contributed by atoms with Gasteiger partial charge in [0.05, 0.1) is 0 Å². The number of halogens is 3. The van der Waals surface area contributed by atoms with Gasteiger partial charge in [-0.15, -0.1) is 10.2 Å². The van der Waals surface area contributed by atoms with Gasteiger partial charge in [0.1, 0.15) is 5.75 Å². The second-order valence-electron chi connectivity index (χ2n) is 3.97. The summed E-state index contributed by atoms with van der Waals surface area (Å²) in [6.45, 7) is 1.48. The Morgan fingerprint density at radius 1 is 1.29 bits per heavy atom. The fourth-order valence-electron chi connectivity index (χ4n) is 1.35. The van der Waals surface area contributed by atoms with E-state index in [2.05, 4.69) is 15.5 Å². The van der Waals surface area contributed by atoms with Crippen molar-refractivity contribution in [3.63, 3.8) is 0 Å². The van der Waals surface area contributed by atoms with E-state index in [1.54, 1.807) is 30.3 Å². The summed E-state index contributed by atoms with van der Waals surface area (Å²) < 4.78 is 42.4. The lowest BCUT2D eigenvalue weighted by Crippen LogP contribution is -2.30. The fraction of sp³-hybridized carbons (Fsp3) is 0.250. The third-order valence-corrected chi connectivity index (χ3v) is 3.21. The Hall–Kier alpha value is -2.16. The SMILES string of the molecule is C[C@H](Oc1ccccc1)C(=O)Nc1nnc(C(F)(F)F)s1. The molecule has 2 aromatic rings. The van der Waals surface area contributed by atoms with Crippen LogP contribution in [-0.2, 0) is 11.0 Å². The highest BCUT2D eigenvalue weighted by Crippen LogP contribution is 2.33. The summed E-state index contributed by atoms with van der Waals surface area (Å²) in [5.41, 5.74) is 0. The molecule has 0 aliphatic rings. The van der Waals surface area contributed by atoms with E-state index >= 15 is 0 Å². The molecule has 9 heteroatoms. The second kappa shape index (κ2) is 6.08. The van der Waals surface area contributed by atoms with Crippen LogP contribution < -0.4 is 10.1 Å². The molecule has 1 atom stereocenters. The van der Waals surface area contributed by atoms with Gasteiger partial charge in [-0.25, -0.2) is 0 Å². The number of benzene rings is 1. The van der Waals surface area contributed by atoms with Crippen LogP contribution in [0.1, 0.15) is 11.9 Å². The highest BCUT2D eigenvalue weighted by molar-refractivity contribution is 7.15. The second-order valence-corrected chi connectivity index (χ2v) is 4.95. The van der Waals surface area contributed by atoms with Crippen molar-refractivity contribution in [3.05, 3.63) is 35.3 Å². The number of ether oxygens (including phenoxy) is 1. The van der Waals surface area contributed by atoms with Crippen molar-refractivity contribution < 1.29 is 22.7 Å². The van der Waals surface area contributed by atoms with Crippen LogP contribution in [0.15, 0.2) is 30.3 Å². The lowest BCUT2D eigenvalue weighted by atomic mass is 10.3. The van der Waals surface area contributed by atoms with Crippen LogP contribution >= 0.6 is 11.3 Å². The van der Waals surface area contributed by atoms with E-state index in [9.17, 15) is 18.0 Å². The summed E-state index contributed by atoms with van der Waals surface area (Å²) >= 11 is 0.257. The van der Waals surface area contributed by atoms with Crippen LogP contribution in [-0.4, -0.2) is 22.2 Å². The van der Waals surface area contributed by atoms with Crippen molar-refractivity contribution >= 4 is 22.4 Å². The molecule has 1 heterocycles. The third-order valence-electron chi connectivity index (χ3n) is 2.32. The maximum atomic E-state index is 12.4. The minimum absolute atomic E-state index is 0.226. The van der Waals surface area contributed by atoms with Gasteiger partial charge in [-0.3, -0.25) is 10.1 Å². The number of hydrogen-bond donors (Lipinski definition) is 1. The molecular formula is C12H10F3N3O2S. The number of aromatic nitrogens is 2. The Morgan fingerprint density at radius 2 is 1.95 bits per heavy atom. The summed E-state index contributed by atoms with van der Waals surface area (Å²) in [4.78, 5) is 11.8. The van der Waals surface area contributed by atoms with Crippen LogP contribution in [0.2, 0.25) is 0 Å². The molecule has 0 bridgehead atoms. The van der Waals surface area contributed by atoms with E-state index in [4.69, 9.17) is 4.74 Å². The molecule has 0 aliphatic heterocycles. The zero-order chi connectivity index (χ0) is 15.5. The van der Waals surface area contributed by atoms with Crippen molar-refractivity contribution in [2.75, 3.05) is 5.32 Å². The van der Waals surface area contributed by atoms with Gasteiger partial charge < -0.3 is 4.74 Å². The number of para-hydroxylation sites is 1. The van der Waals surface area contributed by atoms with Crippen molar-refractivity contribution in [2.24, 2.45) is 0 Å². The van der Waals surface area contributed by atoms with Gasteiger partial charge in [-0.1, -0.05) is 29.5 Å². The lowest BCUT2D eigenvalue weighted by Gasteiger charge is -2.13. The molecule has 0 aliphatic carbocycles. The Balaban J connectivity index is 1.96. The molecule has 1 aromatic heterocycles. The van der Waals surface area contributed by atoms with Crippen LogP contribution in [0.4, 0.5) is 18.3 Å². The quantitative estimate of drug-likeness (QED) is 0.941. The van der Waals surface area contributed by atoms with Gasteiger partial charge in [0.15, 0.2) is 6.10 Å². The number of rotatable bonds is 4. The molecule has 0 saturated heterocycles. The van der Waals surface area contributed by atoms with E-state index in [0.29, 0.717) is 5.75 Å². The zero-order valence-corrected chi connectivity index (χ0v) is 11.5. The topological polar surface area (TPSA) is 64.1 Å². The van der Waals surface area contributed by atoms with Gasteiger partial charge in [-0.05, 0) is 19.1 Å². The normalized spacial score (nSPS) is 12.8. The fourth-order valence-corrected chi connectivity index (χ4v) is 1.97. The Morgan fingerprint density at radius 3 is 2.52 bits per heavy atom. The summed E-state index contributed by atoms with van der Waals surface area (Å²) in [5, 5.41) is 7.14. The smallest absolute Gasteiger partial charge is 0.445 e. The Labute approximate surface area is 121 Å². The van der Waals surface area contributed by atoms with Gasteiger partial charge in [-0.2, -0.15) is 13.2 Å². The first-order chi connectivity index (χ1) is 9.86. The standard InChI is InChI=1S/C12H10F3N3O2S/c1-7(20-8-5-3-2-4-6-8)9(19)16-11-18-17-10(21-11)12(13,14)15/h2-7H,1H3,(H,16,18,19)/t7-/m0/s1. The number of carbonyl (C=O) groups is 1. The highest BCUT2D eigenvalue weighted by atomic mass is 32.1. The van der Waals surface area contributed by atoms with Crippen molar-refractivity contribution in [1.29, 1.82) is 0 Å². The van der Waals surface area contributed by atoms with Gasteiger partial charge in [0.25, 0.3) is 5.91 Å². The molecule has 21 heavy (non-hydrogen) atoms. The summed E-state index contributed by atoms with van der Waals surface area (Å²) in [5.74, 6) is -0.128. The molecular weight excluding hydrogens is 307 g/mol. The molecule has 2 rings (SSSR count). The number of alkyl halides is 3. The first-order valence-electron chi connectivity index (χ1n) is 5.79. The number of hydrogen-bond acceptors (Lipinski definition) is 5. The van der Waals surface area contributed by atoms with Crippen molar-refractivity contribution in [3.8, 4) is 5.75 Å². The molecule has 112 valence electrons. The highest BCUT2D eigenvalue weighted by Gasteiger charge is 2.36. The van der Waals surface area contributed by atoms with Crippen molar-refractivity contribution in [2.45, 2.75) is 19.2 Å². The molecule has 0 radical (unpaired) electrons. The predicted molar refractivity (Wildman–Crippen MR) is 70.1 cm³/mol. The Bertz CT molecular complexity index is 616. The molecule has 1 amide bonds. The van der Waals surface area contributed by atoms with Crippen LogP contribution in [0.3, 0.4) is 0 Å². The zero-order valence-electron chi connectivity index (χ0n) is 10.7. The maximum absolute atomic E-state index is 12.4. The van der Waals surface area contributed by atoms with E-state index in [0.717, 1.165) is 0 Å². The first-order valence-corrected chi connectivity index (χ1v) is 6.61. The molecule has 0 saturated carbocycles. The first kappa shape index (κ1) is 15.2.